The lowest BCUT2D eigenvalue weighted by Crippen LogP contribution is -2.14. The van der Waals surface area contributed by atoms with E-state index in [1.165, 1.54) is 27.7 Å². The number of ether oxygens (including phenoxy) is 3. The number of nitrogen functional groups attached to an aromatic ring is 1. The van der Waals surface area contributed by atoms with E-state index in [0.29, 0.717) is 16.3 Å². The Hall–Kier alpha value is -0.480. The molecule has 0 aliphatic rings. The molecule has 0 amide bonds. The van der Waals surface area contributed by atoms with Crippen molar-refractivity contribution in [3.63, 3.8) is 0 Å². The molecule has 0 saturated heterocycles. The third kappa shape index (κ3) is 24.6. The molecular weight excluding hydrogens is 1030 g/mol. The van der Waals surface area contributed by atoms with E-state index >= 15 is 0 Å². The van der Waals surface area contributed by atoms with Crippen molar-refractivity contribution in [2.24, 2.45) is 5.84 Å². The maximum Gasteiger partial charge on any atom is 0.270 e. The summed E-state index contributed by atoms with van der Waals surface area (Å²) in [5, 5.41) is 16.3. The molecule has 4 rings (SSSR count). The van der Waals surface area contributed by atoms with Gasteiger partial charge in [0.15, 0.2) is 11.5 Å². The summed E-state index contributed by atoms with van der Waals surface area (Å²) in [5.41, 5.74) is 13.1. The maximum atomic E-state index is 7.57. The Balaban J connectivity index is -0.000000154. The van der Waals surface area contributed by atoms with Crippen LogP contribution in [-0.4, -0.2) is 110 Å². The highest BCUT2D eigenvalue weighted by molar-refractivity contribution is 14.1. The number of aliphatic hydroxyl groups is 1. The van der Waals surface area contributed by atoms with Crippen molar-refractivity contribution >= 4 is 157 Å². The molecule has 0 saturated carbocycles. The third-order valence-corrected chi connectivity index (χ3v) is 6.94. The molecule has 4 aromatic heterocycles. The van der Waals surface area contributed by atoms with Crippen LogP contribution in [0.5, 0.6) is 0 Å². The quantitative estimate of drug-likeness (QED) is 0.0289. The van der Waals surface area contributed by atoms with Gasteiger partial charge in [-0.1, -0.05) is 19.3 Å². The van der Waals surface area contributed by atoms with E-state index in [9.17, 15) is 0 Å². The second kappa shape index (κ2) is 35.8. The van der Waals surface area contributed by atoms with E-state index in [2.05, 4.69) is 115 Å². The molecule has 0 atom stereocenters. The summed E-state index contributed by atoms with van der Waals surface area (Å²) in [5.74, 6) is 5.66. The number of methoxy groups -OCH3 is 3. The van der Waals surface area contributed by atoms with Gasteiger partial charge in [0.25, 0.3) is 6.48 Å². The smallest absolute Gasteiger partial charge is 0.270 e. The first-order valence-corrected chi connectivity index (χ1v) is 15.5. The van der Waals surface area contributed by atoms with E-state index in [0.717, 1.165) is 16.4 Å². The lowest BCUT2D eigenvalue weighted by molar-refractivity contribution is -0.252. The highest BCUT2D eigenvalue weighted by Crippen LogP contribution is 2.16. The summed E-state index contributed by atoms with van der Waals surface area (Å²) in [7, 11) is 17.5. The molecule has 0 fully saturated rings. The zero-order chi connectivity index (χ0) is 36.7. The molecule has 6 radical (unpaired) electrons. The van der Waals surface area contributed by atoms with Crippen LogP contribution in [0.1, 0.15) is 8.35 Å². The van der Waals surface area contributed by atoms with Gasteiger partial charge in [0.2, 0.25) is 15.9 Å². The van der Waals surface area contributed by atoms with Gasteiger partial charge >= 0.3 is 0 Å². The number of fused-ring (bicyclic) bond motifs is 1. The van der Waals surface area contributed by atoms with E-state index in [-0.39, 0.29) is 26.3 Å². The first kappa shape index (κ1) is 52.3. The maximum absolute atomic E-state index is 7.57. The highest BCUT2D eigenvalue weighted by atomic mass is 127. The minimum atomic E-state index is -0.514. The monoisotopic (exact) mass is 1050 g/mol. The Morgan fingerprint density at radius 3 is 1.72 bits per heavy atom. The fourth-order valence-corrected chi connectivity index (χ4v) is 3.62. The normalized spacial score (nSPS) is 8.76. The van der Waals surface area contributed by atoms with Crippen LogP contribution >= 0.6 is 114 Å². The molecule has 4 aromatic rings. The van der Waals surface area contributed by atoms with E-state index in [4.69, 9.17) is 76.2 Å². The molecule has 0 aliphatic carbocycles. The van der Waals surface area contributed by atoms with Crippen molar-refractivity contribution < 1.29 is 20.7 Å². The Labute approximate surface area is 333 Å². The lowest BCUT2D eigenvalue weighted by atomic mass is 9.81. The number of aliphatic hydroxyl groups excluding tert-OH is 1. The number of rotatable bonds is 4. The molecule has 27 heteroatoms. The number of nitrogens with one attached hydrogen (secondary N) is 3. The molecule has 0 spiro atoms. The number of aromatic nitrogens is 8. The molecule has 4 heterocycles. The second-order valence-corrected chi connectivity index (χ2v) is 10.8. The lowest BCUT2D eigenvalue weighted by Gasteiger charge is -2.08. The Kier molecular flexibility index (Phi) is 40.7. The number of nitrogens with zero attached hydrogens (tertiary/aromatic N) is 8. The molecular formula is C19H30B4Cl4I3N12O4-. The van der Waals surface area contributed by atoms with Gasteiger partial charge in [-0.25, -0.2) is 36.8 Å². The molecule has 0 aromatic carbocycles. The zero-order valence-corrected chi connectivity index (χ0v) is 33.3. The molecule has 6 N–H and O–H groups in total. The summed E-state index contributed by atoms with van der Waals surface area (Å²) in [4.78, 5) is 18.8. The van der Waals surface area contributed by atoms with Gasteiger partial charge in [-0.2, -0.15) is 12.7 Å². The minimum absolute atomic E-state index is 0. The largest absolute Gasteiger partial charge is 0.397 e. The Morgan fingerprint density at radius 1 is 0.935 bits per heavy atom. The molecule has 0 bridgehead atoms. The summed E-state index contributed by atoms with van der Waals surface area (Å²) in [6.45, 7) is 1.42. The molecule has 0 unspecified atom stereocenters. The van der Waals surface area contributed by atoms with Crippen molar-refractivity contribution in [2.45, 2.75) is 13.4 Å². The number of hydrogen-bond acceptors (Lipinski definition) is 15. The number of hydrazine groups is 1. The third-order valence-electron chi connectivity index (χ3n) is 3.35. The van der Waals surface area contributed by atoms with E-state index < -0.39 is 6.48 Å². The zero-order valence-electron chi connectivity index (χ0n) is 23.8. The van der Waals surface area contributed by atoms with E-state index in [1.54, 1.807) is 29.9 Å². The molecule has 252 valence electrons. The van der Waals surface area contributed by atoms with Crippen LogP contribution in [-0.2, 0) is 14.2 Å². The van der Waals surface area contributed by atoms with E-state index in [1.807, 2.05) is 22.6 Å². The van der Waals surface area contributed by atoms with Gasteiger partial charge in [0, 0.05) is 63.4 Å². The minimum Gasteiger partial charge on any atom is -0.397 e. The topological polar surface area (TPSA) is 228 Å². The molecule has 46 heavy (non-hydrogen) atoms. The fourth-order valence-electron chi connectivity index (χ4n) is 1.82. The van der Waals surface area contributed by atoms with Gasteiger partial charge in [-0.05, 0) is 109 Å². The average molecular weight is 1060 g/mol. The fraction of sp³-hybridized carbons (Fsp3) is 0.316. The summed E-state index contributed by atoms with van der Waals surface area (Å²) < 4.78 is 18.0. The highest BCUT2D eigenvalue weighted by Gasteiger charge is 2.04. The van der Waals surface area contributed by atoms with Crippen molar-refractivity contribution in [1.82, 2.24) is 39.5 Å². The van der Waals surface area contributed by atoms with Gasteiger partial charge in [0.05, 0.1) is 10.7 Å². The SMILES string of the molecule is CCO.COC(OC)OC.Clc1ncc(I)c(Cl)n1.Clc1ncc(I)c2nncn12.N=N.NNc1nc(Cl)ncc1I.[B][BH3-].[B][B].[HH]. The van der Waals surface area contributed by atoms with Gasteiger partial charge in [0.1, 0.15) is 11.5 Å². The van der Waals surface area contributed by atoms with Gasteiger partial charge in [-0.3, -0.25) is 4.40 Å². The molecule has 0 aliphatic heterocycles. The van der Waals surface area contributed by atoms with Gasteiger partial charge in [-0.15, -0.1) is 10.2 Å². The van der Waals surface area contributed by atoms with Crippen molar-refractivity contribution in [3.8, 4) is 0 Å². The van der Waals surface area contributed by atoms with Crippen LogP contribution in [0.3, 0.4) is 0 Å². The molecule has 16 nitrogen and oxygen atoms in total. The summed E-state index contributed by atoms with van der Waals surface area (Å²) >= 11 is 28.4. The van der Waals surface area contributed by atoms with Crippen molar-refractivity contribution in [2.75, 3.05) is 33.4 Å². The van der Waals surface area contributed by atoms with Crippen LogP contribution in [0.25, 0.3) is 5.65 Å². The van der Waals surface area contributed by atoms with Crippen molar-refractivity contribution in [1.29, 1.82) is 11.1 Å². The van der Waals surface area contributed by atoms with Crippen LogP contribution in [0.2, 0.25) is 21.0 Å². The summed E-state index contributed by atoms with van der Waals surface area (Å²) in [6.07, 6.45) is 6.35. The van der Waals surface area contributed by atoms with Crippen LogP contribution in [0, 0.1) is 21.8 Å². The first-order chi connectivity index (χ1) is 22.0. The standard InChI is InChI=1S/C5H2ClIN4.C4HCl2IN2.C4H4ClIN4.C4H10O3.C2H6O.B2H3.B2.H2N2.H2/c6-5-8-1-3(7)4-10-9-2-11(4)5;5-3-2(7)1-8-4(6)9-3;5-4-8-1-2(6)3(9-4)10-7;1-5-4(6-2)7-3;1-2-3;3*1-2;/h1-2H;1H;1H,7H2,(H,8,9,10);4H,1-3H3;3H,2H2,1H3;1H3;;1-2H;1H/q;;;;;-1;;;. The van der Waals surface area contributed by atoms with Crippen molar-refractivity contribution in [3.05, 3.63) is 56.6 Å². The number of nitrogens with two attached hydrogens (primary N) is 1. The Morgan fingerprint density at radius 2 is 1.37 bits per heavy atom. The predicted molar refractivity (Wildman–Crippen MR) is 213 cm³/mol. The first-order valence-electron chi connectivity index (χ1n) is 10.7. The number of hydrogen-bond donors (Lipinski definition) is 5. The van der Waals surface area contributed by atoms with Crippen LogP contribution in [0.4, 0.5) is 5.82 Å². The Bertz CT molecular complexity index is 1280. The average Bonchev–Trinajstić information content (AvgIpc) is 3.59. The van der Waals surface area contributed by atoms with Gasteiger partial charge < -0.3 is 24.7 Å². The second-order valence-electron chi connectivity index (χ2n) is 5.97. The van der Waals surface area contributed by atoms with Crippen LogP contribution in [0.15, 0.2) is 24.9 Å². The van der Waals surface area contributed by atoms with Crippen LogP contribution < -0.4 is 11.3 Å². The number of halogens is 7. The summed E-state index contributed by atoms with van der Waals surface area (Å²) in [6, 6.07) is 0. The number of anilines is 1. The predicted octanol–water partition coefficient (Wildman–Crippen LogP) is 3.51.